The van der Waals surface area contributed by atoms with Crippen LogP contribution in [-0.4, -0.2) is 14.2 Å². The molecule has 0 aromatic heterocycles. The zero-order chi connectivity index (χ0) is 41.8. The van der Waals surface area contributed by atoms with Crippen molar-refractivity contribution in [3.8, 4) is 44.9 Å². The summed E-state index contributed by atoms with van der Waals surface area (Å²) in [7, 11) is -0.137. The Balaban J connectivity index is 1.24. The number of methoxy groups -OCH3 is 2. The van der Waals surface area contributed by atoms with Crippen LogP contribution in [0.25, 0.3) is 33.4 Å². The number of hydrogen-bond donors (Lipinski definition) is 0. The molecular formula is C54H44O6P2. The summed E-state index contributed by atoms with van der Waals surface area (Å²) in [6, 6.07) is 70.6. The van der Waals surface area contributed by atoms with Gasteiger partial charge in [-0.1, -0.05) is 182 Å². The summed E-state index contributed by atoms with van der Waals surface area (Å²) >= 11 is 0. The number of hydrogen-bond acceptors (Lipinski definition) is 6. The lowest BCUT2D eigenvalue weighted by molar-refractivity contribution is 0.159. The quantitative estimate of drug-likeness (QED) is 0.121. The molecule has 0 amide bonds. The monoisotopic (exact) mass is 850 g/mol. The third-order valence-corrected chi connectivity index (χ3v) is 14.7. The van der Waals surface area contributed by atoms with Crippen LogP contribution in [0.3, 0.4) is 0 Å². The molecule has 0 bridgehead atoms. The maximum atomic E-state index is 7.32. The molecule has 2 saturated heterocycles. The van der Waals surface area contributed by atoms with Gasteiger partial charge in [0.25, 0.3) is 0 Å². The van der Waals surface area contributed by atoms with E-state index in [1.807, 2.05) is 48.5 Å². The molecule has 8 heteroatoms. The zero-order valence-corrected chi connectivity index (χ0v) is 36.1. The first-order chi connectivity index (χ1) is 30.7. The SMILES string of the molecule is COc1ccc(-c2ccccc2)c(P2O[C@@H](c3ccccc3)[C@H](c3ccccc3)O2)c1-c1c(OC)ccc(-c2ccccc2)c1P1O[C@@H](c2ccccc2)[C@H](c2ccccc2)O1. The molecule has 2 fully saturated rings. The Labute approximate surface area is 365 Å². The van der Waals surface area contributed by atoms with Crippen LogP contribution >= 0.6 is 16.8 Å². The number of benzene rings is 8. The van der Waals surface area contributed by atoms with Gasteiger partial charge >= 0.3 is 0 Å². The summed E-state index contributed by atoms with van der Waals surface area (Å²) in [5.74, 6) is 1.29. The summed E-state index contributed by atoms with van der Waals surface area (Å²) in [6.07, 6.45) is -1.52. The molecular weight excluding hydrogens is 807 g/mol. The van der Waals surface area contributed by atoms with E-state index in [9.17, 15) is 0 Å². The Morgan fingerprint density at radius 1 is 0.323 bits per heavy atom. The van der Waals surface area contributed by atoms with Crippen molar-refractivity contribution in [2.24, 2.45) is 0 Å². The highest BCUT2D eigenvalue weighted by Crippen LogP contribution is 2.65. The third-order valence-electron chi connectivity index (χ3n) is 11.4. The lowest BCUT2D eigenvalue weighted by atomic mass is 9.94. The van der Waals surface area contributed by atoms with E-state index in [1.165, 1.54) is 0 Å². The first-order valence-corrected chi connectivity index (χ1v) is 23.1. The second kappa shape index (κ2) is 18.2. The molecule has 0 unspecified atom stereocenters. The van der Waals surface area contributed by atoms with Crippen molar-refractivity contribution in [3.63, 3.8) is 0 Å². The predicted molar refractivity (Wildman–Crippen MR) is 250 cm³/mol. The summed E-state index contributed by atoms with van der Waals surface area (Å²) in [6.45, 7) is 0. The molecule has 306 valence electrons. The Hall–Kier alpha value is -5.94. The summed E-state index contributed by atoms with van der Waals surface area (Å²) < 4.78 is 42.1. The minimum Gasteiger partial charge on any atom is -0.496 e. The van der Waals surface area contributed by atoms with E-state index in [1.54, 1.807) is 14.2 Å². The van der Waals surface area contributed by atoms with Crippen LogP contribution in [0.15, 0.2) is 206 Å². The van der Waals surface area contributed by atoms with Crippen molar-refractivity contribution in [3.05, 3.63) is 229 Å². The average Bonchev–Trinajstić information content (AvgIpc) is 4.01. The average molecular weight is 851 g/mol. The fourth-order valence-corrected chi connectivity index (χ4v) is 12.3. The van der Waals surface area contributed by atoms with Gasteiger partial charge in [-0.25, -0.2) is 0 Å². The Kier molecular flexibility index (Phi) is 11.8. The van der Waals surface area contributed by atoms with Gasteiger partial charge in [0.15, 0.2) is 0 Å². The Morgan fingerprint density at radius 2 is 0.581 bits per heavy atom. The molecule has 10 rings (SSSR count). The van der Waals surface area contributed by atoms with Crippen LogP contribution in [0, 0.1) is 0 Å². The molecule has 8 aromatic rings. The molecule has 0 radical (unpaired) electrons. The lowest BCUT2D eigenvalue weighted by Gasteiger charge is -2.27. The van der Waals surface area contributed by atoms with Crippen LogP contribution in [0.1, 0.15) is 46.7 Å². The maximum Gasteiger partial charge on any atom is 0.208 e. The predicted octanol–water partition coefficient (Wildman–Crippen LogP) is 13.6. The van der Waals surface area contributed by atoms with Gasteiger partial charge in [0.05, 0.1) is 14.2 Å². The smallest absolute Gasteiger partial charge is 0.208 e. The summed E-state index contributed by atoms with van der Waals surface area (Å²) in [5, 5.41) is 1.76. The van der Waals surface area contributed by atoms with Gasteiger partial charge in [-0.15, -0.1) is 0 Å². The molecule has 4 atom stereocenters. The second-order valence-corrected chi connectivity index (χ2v) is 17.8. The van der Waals surface area contributed by atoms with E-state index < -0.39 is 16.8 Å². The summed E-state index contributed by atoms with van der Waals surface area (Å²) in [4.78, 5) is 0. The van der Waals surface area contributed by atoms with Gasteiger partial charge in [0.2, 0.25) is 16.8 Å². The van der Waals surface area contributed by atoms with Crippen LogP contribution < -0.4 is 20.1 Å². The molecule has 0 saturated carbocycles. The Bertz CT molecular complexity index is 2460. The third kappa shape index (κ3) is 7.76. The number of ether oxygens (including phenoxy) is 2. The fourth-order valence-electron chi connectivity index (χ4n) is 8.46. The molecule has 0 aliphatic carbocycles. The van der Waals surface area contributed by atoms with Crippen LogP contribution in [0.2, 0.25) is 0 Å². The minimum atomic E-state index is -1.78. The van der Waals surface area contributed by atoms with E-state index in [0.29, 0.717) is 11.5 Å². The van der Waals surface area contributed by atoms with Gasteiger partial charge in [-0.3, -0.25) is 0 Å². The topological polar surface area (TPSA) is 55.4 Å². The first-order valence-electron chi connectivity index (χ1n) is 20.7. The first kappa shape index (κ1) is 40.2. The zero-order valence-electron chi connectivity index (χ0n) is 34.3. The molecule has 2 aliphatic heterocycles. The van der Waals surface area contributed by atoms with Gasteiger partial charge in [0, 0.05) is 21.7 Å². The largest absolute Gasteiger partial charge is 0.496 e. The molecule has 0 spiro atoms. The van der Waals surface area contributed by atoms with Crippen LogP contribution in [0.5, 0.6) is 11.5 Å². The molecule has 0 N–H and O–H groups in total. The van der Waals surface area contributed by atoms with Gasteiger partial charge in [0.1, 0.15) is 35.9 Å². The Morgan fingerprint density at radius 3 is 0.839 bits per heavy atom. The maximum absolute atomic E-state index is 7.32. The van der Waals surface area contributed by atoms with E-state index in [-0.39, 0.29) is 24.4 Å². The highest BCUT2D eigenvalue weighted by atomic mass is 31.2. The molecule has 6 nitrogen and oxygen atoms in total. The highest BCUT2D eigenvalue weighted by Gasteiger charge is 2.46. The van der Waals surface area contributed by atoms with Gasteiger partial charge in [-0.2, -0.15) is 0 Å². The van der Waals surface area contributed by atoms with E-state index in [2.05, 4.69) is 158 Å². The number of rotatable bonds is 11. The second-order valence-electron chi connectivity index (χ2n) is 15.1. The van der Waals surface area contributed by atoms with E-state index >= 15 is 0 Å². The standard InChI is InChI=1S/C54H44O6P2/c1-55-45-35-33-43(37-21-9-3-10-22-37)53(61-57-49(39-25-13-5-14-26-39)50(58-61)40-27-15-6-16-28-40)47(45)48-46(56-2)36-34-44(38-23-11-4-12-24-38)54(48)62-59-51(41-29-17-7-18-30-41)52(60-62)42-31-19-8-20-32-42/h3-36,49-52H,1-2H3/t49-,50-,51-,52-/m0/s1. The minimum absolute atomic E-state index is 0.381. The van der Waals surface area contributed by atoms with Crippen molar-refractivity contribution in [1.82, 2.24) is 0 Å². The van der Waals surface area contributed by atoms with Crippen molar-refractivity contribution in [2.45, 2.75) is 24.4 Å². The van der Waals surface area contributed by atoms with Crippen molar-refractivity contribution < 1.29 is 27.6 Å². The van der Waals surface area contributed by atoms with E-state index in [4.69, 9.17) is 27.6 Å². The fraction of sp³-hybridized carbons (Fsp3) is 0.111. The van der Waals surface area contributed by atoms with E-state index in [0.717, 1.165) is 66.2 Å². The van der Waals surface area contributed by atoms with Crippen molar-refractivity contribution >= 4 is 27.4 Å². The van der Waals surface area contributed by atoms with Gasteiger partial charge < -0.3 is 27.6 Å². The lowest BCUT2D eigenvalue weighted by Crippen LogP contribution is -2.18. The van der Waals surface area contributed by atoms with Crippen molar-refractivity contribution in [1.29, 1.82) is 0 Å². The normalized spacial score (nSPS) is 19.1. The van der Waals surface area contributed by atoms with Crippen LogP contribution in [0.4, 0.5) is 0 Å². The summed E-state index contributed by atoms with van der Waals surface area (Å²) in [5.41, 5.74) is 9.74. The molecule has 62 heavy (non-hydrogen) atoms. The molecule has 2 heterocycles. The van der Waals surface area contributed by atoms with Crippen molar-refractivity contribution in [2.75, 3.05) is 14.2 Å². The highest BCUT2D eigenvalue weighted by molar-refractivity contribution is 7.57. The van der Waals surface area contributed by atoms with Crippen LogP contribution in [-0.2, 0) is 18.1 Å². The molecule has 8 aromatic carbocycles. The molecule has 2 aliphatic rings. The van der Waals surface area contributed by atoms with Gasteiger partial charge in [-0.05, 0) is 68.8 Å².